The molecule has 1 amide bonds. The maximum absolute atomic E-state index is 12.6. The van der Waals surface area contributed by atoms with Crippen LogP contribution in [0.3, 0.4) is 0 Å². The highest BCUT2D eigenvalue weighted by molar-refractivity contribution is 7.91. The second-order valence-corrected chi connectivity index (χ2v) is 9.77. The lowest BCUT2D eigenvalue weighted by molar-refractivity contribution is 0.0697. The van der Waals surface area contributed by atoms with Crippen molar-refractivity contribution in [3.05, 3.63) is 23.9 Å². The number of amides is 1. The zero-order chi connectivity index (χ0) is 18.0. The number of sulfone groups is 1. The fourth-order valence-corrected chi connectivity index (χ4v) is 5.23. The first-order valence-corrected chi connectivity index (χ1v) is 10.9. The Kier molecular flexibility index (Phi) is 5.32. The van der Waals surface area contributed by atoms with Crippen LogP contribution in [0.2, 0.25) is 0 Å². The van der Waals surface area contributed by atoms with Crippen LogP contribution in [0.25, 0.3) is 0 Å². The predicted octanol–water partition coefficient (Wildman–Crippen LogP) is 1.82. The van der Waals surface area contributed by atoms with Gasteiger partial charge in [-0.2, -0.15) is 0 Å². The van der Waals surface area contributed by atoms with E-state index < -0.39 is 9.84 Å². The standard InChI is InChI=1S/C18H27N3O3S/c1-14-5-7-20(8-6-14)18(22)16-3-4-17(19-11-16)21-9-10-25(23,24)13-15(2)12-21/h3-4,11,14-15H,5-10,12-13H2,1-2H3. The van der Waals surface area contributed by atoms with Crippen LogP contribution in [-0.2, 0) is 9.84 Å². The summed E-state index contributed by atoms with van der Waals surface area (Å²) < 4.78 is 23.8. The Morgan fingerprint density at radius 1 is 1.12 bits per heavy atom. The number of anilines is 1. The van der Waals surface area contributed by atoms with Gasteiger partial charge in [-0.05, 0) is 36.8 Å². The van der Waals surface area contributed by atoms with Crippen molar-refractivity contribution >= 4 is 21.6 Å². The number of nitrogens with zero attached hydrogens (tertiary/aromatic N) is 3. The van der Waals surface area contributed by atoms with Gasteiger partial charge in [0.15, 0.2) is 9.84 Å². The molecule has 1 aromatic heterocycles. The molecule has 2 saturated heterocycles. The third-order valence-corrected chi connectivity index (χ3v) is 7.01. The van der Waals surface area contributed by atoms with E-state index in [1.807, 2.05) is 28.9 Å². The highest BCUT2D eigenvalue weighted by Gasteiger charge is 2.26. The molecule has 3 rings (SSSR count). The second kappa shape index (κ2) is 7.32. The molecule has 1 unspecified atom stereocenters. The zero-order valence-electron chi connectivity index (χ0n) is 15.0. The molecule has 0 aromatic carbocycles. The molecular weight excluding hydrogens is 338 g/mol. The van der Waals surface area contributed by atoms with Crippen LogP contribution in [-0.4, -0.2) is 61.9 Å². The van der Waals surface area contributed by atoms with Crippen molar-refractivity contribution in [3.63, 3.8) is 0 Å². The summed E-state index contributed by atoms with van der Waals surface area (Å²) in [6.07, 6.45) is 3.73. The lowest BCUT2D eigenvalue weighted by Crippen LogP contribution is -2.38. The van der Waals surface area contributed by atoms with Crippen LogP contribution >= 0.6 is 0 Å². The fourth-order valence-electron chi connectivity index (χ4n) is 3.59. The Morgan fingerprint density at radius 2 is 1.84 bits per heavy atom. The molecule has 6 nitrogen and oxygen atoms in total. The normalized spacial score (nSPS) is 24.8. The van der Waals surface area contributed by atoms with Crippen LogP contribution in [0.4, 0.5) is 5.82 Å². The van der Waals surface area contributed by atoms with E-state index in [9.17, 15) is 13.2 Å². The number of pyridine rings is 1. The molecule has 7 heteroatoms. The average Bonchev–Trinajstić information content (AvgIpc) is 2.72. The Bertz CT molecular complexity index is 710. The molecule has 25 heavy (non-hydrogen) atoms. The number of carbonyl (C=O) groups excluding carboxylic acids is 1. The molecule has 0 saturated carbocycles. The second-order valence-electron chi connectivity index (χ2n) is 7.55. The number of aromatic nitrogens is 1. The summed E-state index contributed by atoms with van der Waals surface area (Å²) in [5.74, 6) is 1.93. The smallest absolute Gasteiger partial charge is 0.255 e. The van der Waals surface area contributed by atoms with Gasteiger partial charge < -0.3 is 9.80 Å². The van der Waals surface area contributed by atoms with Gasteiger partial charge in [0.1, 0.15) is 5.82 Å². The third-order valence-electron chi connectivity index (χ3n) is 5.13. The summed E-state index contributed by atoms with van der Waals surface area (Å²) in [7, 11) is -2.98. The zero-order valence-corrected chi connectivity index (χ0v) is 15.8. The molecule has 2 fully saturated rings. The summed E-state index contributed by atoms with van der Waals surface area (Å²) >= 11 is 0. The molecule has 3 heterocycles. The highest BCUT2D eigenvalue weighted by Crippen LogP contribution is 2.20. The lowest BCUT2D eigenvalue weighted by atomic mass is 9.99. The molecule has 2 aliphatic heterocycles. The summed E-state index contributed by atoms with van der Waals surface area (Å²) in [5.41, 5.74) is 0.605. The highest BCUT2D eigenvalue weighted by atomic mass is 32.2. The van der Waals surface area contributed by atoms with E-state index in [1.165, 1.54) is 0 Å². The molecule has 1 aromatic rings. The van der Waals surface area contributed by atoms with E-state index in [4.69, 9.17) is 0 Å². The van der Waals surface area contributed by atoms with Crippen LogP contribution in [0, 0.1) is 11.8 Å². The Morgan fingerprint density at radius 3 is 2.48 bits per heavy atom. The van der Waals surface area contributed by atoms with Crippen LogP contribution < -0.4 is 4.90 Å². The first kappa shape index (κ1) is 18.2. The topological polar surface area (TPSA) is 70.6 Å². The monoisotopic (exact) mass is 365 g/mol. The molecule has 138 valence electrons. The van der Waals surface area contributed by atoms with Gasteiger partial charge >= 0.3 is 0 Å². The van der Waals surface area contributed by atoms with Gasteiger partial charge in [-0.1, -0.05) is 13.8 Å². The Labute approximate surface area is 150 Å². The minimum atomic E-state index is -2.98. The van der Waals surface area contributed by atoms with Crippen molar-refractivity contribution in [1.29, 1.82) is 0 Å². The van der Waals surface area contributed by atoms with E-state index in [1.54, 1.807) is 6.20 Å². The van der Waals surface area contributed by atoms with Crippen molar-refractivity contribution in [2.75, 3.05) is 42.6 Å². The molecule has 0 N–H and O–H groups in total. The van der Waals surface area contributed by atoms with Crippen molar-refractivity contribution in [1.82, 2.24) is 9.88 Å². The van der Waals surface area contributed by atoms with Gasteiger partial charge in [-0.25, -0.2) is 13.4 Å². The van der Waals surface area contributed by atoms with Gasteiger partial charge in [0.2, 0.25) is 0 Å². The van der Waals surface area contributed by atoms with Gasteiger partial charge in [-0.15, -0.1) is 0 Å². The number of hydrogen-bond donors (Lipinski definition) is 0. The van der Waals surface area contributed by atoms with Crippen LogP contribution in [0.1, 0.15) is 37.0 Å². The number of carbonyl (C=O) groups is 1. The Balaban J connectivity index is 1.68. The van der Waals surface area contributed by atoms with Crippen LogP contribution in [0.5, 0.6) is 0 Å². The van der Waals surface area contributed by atoms with E-state index in [0.717, 1.165) is 31.7 Å². The first-order chi connectivity index (χ1) is 11.8. The number of rotatable bonds is 2. The van der Waals surface area contributed by atoms with Crippen molar-refractivity contribution in [2.24, 2.45) is 11.8 Å². The minimum Gasteiger partial charge on any atom is -0.355 e. The van der Waals surface area contributed by atoms with Gasteiger partial charge in [0.25, 0.3) is 5.91 Å². The fraction of sp³-hybridized carbons (Fsp3) is 0.667. The summed E-state index contributed by atoms with van der Waals surface area (Å²) in [6, 6.07) is 3.65. The molecular formula is C18H27N3O3S. The minimum absolute atomic E-state index is 0.0396. The quantitative estimate of drug-likeness (QED) is 0.800. The van der Waals surface area contributed by atoms with E-state index in [2.05, 4.69) is 11.9 Å². The molecule has 1 atom stereocenters. The summed E-state index contributed by atoms with van der Waals surface area (Å²) in [4.78, 5) is 20.9. The van der Waals surface area contributed by atoms with E-state index in [-0.39, 0.29) is 23.3 Å². The predicted molar refractivity (Wildman–Crippen MR) is 98.6 cm³/mol. The number of piperidine rings is 1. The van der Waals surface area contributed by atoms with Crippen LogP contribution in [0.15, 0.2) is 18.3 Å². The largest absolute Gasteiger partial charge is 0.355 e. The van der Waals surface area contributed by atoms with Crippen molar-refractivity contribution < 1.29 is 13.2 Å². The molecule has 2 aliphatic rings. The van der Waals surface area contributed by atoms with Gasteiger partial charge in [0.05, 0.1) is 17.1 Å². The SMILES string of the molecule is CC1CCN(C(=O)c2ccc(N3CCS(=O)(=O)CC(C)C3)nc2)CC1. The van der Waals surface area contributed by atoms with Crippen molar-refractivity contribution in [3.8, 4) is 0 Å². The summed E-state index contributed by atoms with van der Waals surface area (Å²) in [5, 5.41) is 0. The maximum Gasteiger partial charge on any atom is 0.255 e. The first-order valence-electron chi connectivity index (χ1n) is 9.05. The average molecular weight is 365 g/mol. The summed E-state index contributed by atoms with van der Waals surface area (Å²) in [6.45, 7) is 6.92. The van der Waals surface area contributed by atoms with Gasteiger partial charge in [-0.3, -0.25) is 4.79 Å². The van der Waals surface area contributed by atoms with E-state index >= 15 is 0 Å². The molecule has 0 bridgehead atoms. The Hall–Kier alpha value is -1.63. The molecule has 0 radical (unpaired) electrons. The number of hydrogen-bond acceptors (Lipinski definition) is 5. The number of likely N-dealkylation sites (tertiary alicyclic amines) is 1. The molecule has 0 spiro atoms. The third kappa shape index (κ3) is 4.51. The van der Waals surface area contributed by atoms with Crippen molar-refractivity contribution in [2.45, 2.75) is 26.7 Å². The molecule has 0 aliphatic carbocycles. The maximum atomic E-state index is 12.6. The van der Waals surface area contributed by atoms with Gasteiger partial charge in [0, 0.05) is 32.4 Å². The van der Waals surface area contributed by atoms with E-state index in [0.29, 0.717) is 24.6 Å². The lowest BCUT2D eigenvalue weighted by Gasteiger charge is -2.30.